The normalized spacial score (nSPS) is 12.2. The SMILES string of the molecule is CC(=CCCNCC(C)C)c1cccc(Cl)c1Cl. The van der Waals surface area contributed by atoms with Crippen molar-refractivity contribution >= 4 is 28.8 Å². The predicted molar refractivity (Wildman–Crippen MR) is 82.4 cm³/mol. The molecule has 0 saturated heterocycles. The van der Waals surface area contributed by atoms with Crippen molar-refractivity contribution in [3.8, 4) is 0 Å². The Morgan fingerprint density at radius 2 is 2.06 bits per heavy atom. The van der Waals surface area contributed by atoms with Gasteiger partial charge in [-0.3, -0.25) is 0 Å². The summed E-state index contributed by atoms with van der Waals surface area (Å²) in [6.45, 7) is 8.54. The predicted octanol–water partition coefficient (Wildman–Crippen LogP) is 5.03. The van der Waals surface area contributed by atoms with Gasteiger partial charge < -0.3 is 5.32 Å². The van der Waals surface area contributed by atoms with E-state index in [2.05, 4.69) is 32.2 Å². The lowest BCUT2D eigenvalue weighted by Crippen LogP contribution is -2.20. The van der Waals surface area contributed by atoms with Crippen molar-refractivity contribution in [1.82, 2.24) is 5.32 Å². The zero-order valence-corrected chi connectivity index (χ0v) is 12.8. The summed E-state index contributed by atoms with van der Waals surface area (Å²) in [5, 5.41) is 4.67. The molecule has 0 aliphatic rings. The first kappa shape index (κ1) is 15.6. The van der Waals surface area contributed by atoms with Gasteiger partial charge in [-0.2, -0.15) is 0 Å². The minimum absolute atomic E-state index is 0.611. The number of allylic oxidation sites excluding steroid dienone is 1. The van der Waals surface area contributed by atoms with Crippen molar-refractivity contribution in [2.45, 2.75) is 27.2 Å². The second-order valence-electron chi connectivity index (χ2n) is 4.88. The fourth-order valence-electron chi connectivity index (χ4n) is 1.70. The molecule has 0 unspecified atom stereocenters. The van der Waals surface area contributed by atoms with E-state index in [1.54, 1.807) is 0 Å². The Labute approximate surface area is 120 Å². The largest absolute Gasteiger partial charge is 0.316 e. The Kier molecular flexibility index (Phi) is 6.77. The van der Waals surface area contributed by atoms with Gasteiger partial charge in [0.25, 0.3) is 0 Å². The van der Waals surface area contributed by atoms with Crippen molar-refractivity contribution in [1.29, 1.82) is 0 Å². The minimum atomic E-state index is 0.611. The van der Waals surface area contributed by atoms with Crippen molar-refractivity contribution in [3.05, 3.63) is 39.9 Å². The summed E-state index contributed by atoms with van der Waals surface area (Å²) in [4.78, 5) is 0. The summed E-state index contributed by atoms with van der Waals surface area (Å²) < 4.78 is 0. The Bertz CT molecular complexity index is 411. The number of halogens is 2. The Balaban J connectivity index is 2.53. The van der Waals surface area contributed by atoms with Gasteiger partial charge in [0.15, 0.2) is 0 Å². The van der Waals surface area contributed by atoms with Gasteiger partial charge in [0, 0.05) is 0 Å². The third-order valence-electron chi connectivity index (χ3n) is 2.70. The highest BCUT2D eigenvalue weighted by Gasteiger charge is 2.05. The van der Waals surface area contributed by atoms with Crippen LogP contribution in [0, 0.1) is 5.92 Å². The Morgan fingerprint density at radius 3 is 2.72 bits per heavy atom. The van der Waals surface area contributed by atoms with Gasteiger partial charge in [0.05, 0.1) is 10.0 Å². The van der Waals surface area contributed by atoms with Crippen LogP contribution in [0.2, 0.25) is 10.0 Å². The molecule has 0 bridgehead atoms. The molecule has 0 spiro atoms. The van der Waals surface area contributed by atoms with Crippen molar-refractivity contribution in [3.63, 3.8) is 0 Å². The van der Waals surface area contributed by atoms with Crippen LogP contribution in [-0.4, -0.2) is 13.1 Å². The minimum Gasteiger partial charge on any atom is -0.316 e. The van der Waals surface area contributed by atoms with Crippen LogP contribution in [0.3, 0.4) is 0 Å². The third-order valence-corrected chi connectivity index (χ3v) is 3.52. The fourth-order valence-corrected chi connectivity index (χ4v) is 2.15. The molecule has 1 aromatic rings. The Hall–Kier alpha value is -0.500. The van der Waals surface area contributed by atoms with Gasteiger partial charge in [-0.25, -0.2) is 0 Å². The molecule has 0 aliphatic carbocycles. The van der Waals surface area contributed by atoms with Gasteiger partial charge in [-0.15, -0.1) is 0 Å². The number of hydrogen-bond donors (Lipinski definition) is 1. The van der Waals surface area contributed by atoms with Crippen molar-refractivity contribution < 1.29 is 0 Å². The molecule has 1 nitrogen and oxygen atoms in total. The second-order valence-corrected chi connectivity index (χ2v) is 5.66. The molecule has 0 aromatic heterocycles. The van der Waals surface area contributed by atoms with Gasteiger partial charge in [0.2, 0.25) is 0 Å². The topological polar surface area (TPSA) is 12.0 Å². The number of benzene rings is 1. The van der Waals surface area contributed by atoms with E-state index in [1.807, 2.05) is 18.2 Å². The zero-order chi connectivity index (χ0) is 13.5. The summed E-state index contributed by atoms with van der Waals surface area (Å²) in [5.41, 5.74) is 2.20. The van der Waals surface area contributed by atoms with Crippen LogP contribution in [0.25, 0.3) is 5.57 Å². The molecule has 18 heavy (non-hydrogen) atoms. The third kappa shape index (κ3) is 5.01. The smallest absolute Gasteiger partial charge is 0.0667 e. The molecule has 0 fully saturated rings. The lowest BCUT2D eigenvalue weighted by molar-refractivity contribution is 0.557. The molecule has 0 aliphatic heterocycles. The molecule has 0 radical (unpaired) electrons. The first-order valence-electron chi connectivity index (χ1n) is 6.34. The van der Waals surface area contributed by atoms with Gasteiger partial charge >= 0.3 is 0 Å². The van der Waals surface area contributed by atoms with E-state index in [-0.39, 0.29) is 0 Å². The summed E-state index contributed by atoms with van der Waals surface area (Å²) in [6.07, 6.45) is 3.20. The van der Waals surface area contributed by atoms with Crippen LogP contribution in [-0.2, 0) is 0 Å². The van der Waals surface area contributed by atoms with E-state index < -0.39 is 0 Å². The van der Waals surface area contributed by atoms with Gasteiger partial charge in [0.1, 0.15) is 0 Å². The van der Waals surface area contributed by atoms with Crippen LogP contribution in [0.1, 0.15) is 32.8 Å². The van der Waals surface area contributed by atoms with Crippen LogP contribution < -0.4 is 5.32 Å². The molecule has 0 atom stereocenters. The first-order valence-corrected chi connectivity index (χ1v) is 7.09. The van der Waals surface area contributed by atoms with E-state index in [1.165, 1.54) is 5.57 Å². The van der Waals surface area contributed by atoms with E-state index in [0.717, 1.165) is 25.1 Å². The summed E-state index contributed by atoms with van der Waals surface area (Å²) >= 11 is 12.2. The highest BCUT2D eigenvalue weighted by molar-refractivity contribution is 6.43. The average molecular weight is 286 g/mol. The number of hydrogen-bond acceptors (Lipinski definition) is 1. The van der Waals surface area contributed by atoms with Gasteiger partial charge in [-0.1, -0.05) is 55.3 Å². The van der Waals surface area contributed by atoms with Crippen LogP contribution in [0.15, 0.2) is 24.3 Å². The summed E-state index contributed by atoms with van der Waals surface area (Å²) in [5.74, 6) is 0.692. The quantitative estimate of drug-likeness (QED) is 0.723. The monoisotopic (exact) mass is 285 g/mol. The van der Waals surface area contributed by atoms with Crippen LogP contribution in [0.5, 0.6) is 0 Å². The first-order chi connectivity index (χ1) is 8.52. The van der Waals surface area contributed by atoms with E-state index in [0.29, 0.717) is 16.0 Å². The maximum Gasteiger partial charge on any atom is 0.0667 e. The van der Waals surface area contributed by atoms with E-state index in [4.69, 9.17) is 23.2 Å². The maximum atomic E-state index is 6.18. The molecular formula is C15H21Cl2N. The fraction of sp³-hybridized carbons (Fsp3) is 0.467. The lowest BCUT2D eigenvalue weighted by atomic mass is 10.1. The molecule has 1 aromatic carbocycles. The van der Waals surface area contributed by atoms with Crippen molar-refractivity contribution in [2.24, 2.45) is 5.92 Å². The van der Waals surface area contributed by atoms with Crippen molar-refractivity contribution in [2.75, 3.05) is 13.1 Å². The lowest BCUT2D eigenvalue weighted by Gasteiger charge is -2.08. The van der Waals surface area contributed by atoms with Gasteiger partial charge in [-0.05, 0) is 49.6 Å². The van der Waals surface area contributed by atoms with E-state index >= 15 is 0 Å². The molecule has 100 valence electrons. The molecule has 0 amide bonds. The molecule has 1 rings (SSSR count). The Morgan fingerprint density at radius 1 is 1.33 bits per heavy atom. The zero-order valence-electron chi connectivity index (χ0n) is 11.3. The summed E-state index contributed by atoms with van der Waals surface area (Å²) in [6, 6.07) is 5.74. The molecule has 0 saturated carbocycles. The standard InChI is InChI=1S/C15H21Cl2N/c1-11(2)10-18-9-5-6-12(3)13-7-4-8-14(16)15(13)17/h4,6-8,11,18H,5,9-10H2,1-3H3. The number of rotatable bonds is 6. The highest BCUT2D eigenvalue weighted by Crippen LogP contribution is 2.30. The molecule has 0 heterocycles. The summed E-state index contributed by atoms with van der Waals surface area (Å²) in [7, 11) is 0. The highest BCUT2D eigenvalue weighted by atomic mass is 35.5. The van der Waals surface area contributed by atoms with Crippen LogP contribution >= 0.6 is 23.2 Å². The second kappa shape index (κ2) is 7.83. The number of nitrogens with one attached hydrogen (secondary N) is 1. The average Bonchev–Trinajstić information content (AvgIpc) is 2.31. The van der Waals surface area contributed by atoms with Crippen LogP contribution in [0.4, 0.5) is 0 Å². The molecule has 3 heteroatoms. The van der Waals surface area contributed by atoms with E-state index in [9.17, 15) is 0 Å². The molecule has 1 N–H and O–H groups in total. The molecular weight excluding hydrogens is 265 g/mol. The maximum absolute atomic E-state index is 6.18.